The van der Waals surface area contributed by atoms with Crippen LogP contribution in [0.1, 0.15) is 0 Å². The summed E-state index contributed by atoms with van der Waals surface area (Å²) in [6, 6.07) is 7.45. The molecule has 1 aromatic rings. The summed E-state index contributed by atoms with van der Waals surface area (Å²) in [6.45, 7) is 0. The van der Waals surface area contributed by atoms with E-state index in [4.69, 9.17) is 10.5 Å². The molecule has 3 rings (SSSR count). The van der Waals surface area contributed by atoms with E-state index in [9.17, 15) is 8.42 Å². The number of ether oxygens (including phenoxy) is 1. The van der Waals surface area contributed by atoms with Crippen LogP contribution in [0.2, 0.25) is 0 Å². The Morgan fingerprint density at radius 3 is 2.63 bits per heavy atom. The fourth-order valence-electron chi connectivity index (χ4n) is 2.59. The van der Waals surface area contributed by atoms with E-state index < -0.39 is 9.84 Å². The van der Waals surface area contributed by atoms with Gasteiger partial charge in [-0.25, -0.2) is 13.0 Å². The maximum Gasteiger partial charge on any atom is 0.310 e. The van der Waals surface area contributed by atoms with Gasteiger partial charge in [0, 0.05) is 0 Å². The molecule has 2 atom stereocenters. The molecule has 0 aromatic heterocycles. The molecule has 0 spiro atoms. The first kappa shape index (κ1) is 12.8. The average Bonchev–Trinajstić information content (AvgIpc) is 2.79. The molecule has 7 heteroatoms. The molecule has 0 saturated carbocycles. The zero-order chi connectivity index (χ0) is 13.6. The van der Waals surface area contributed by atoms with E-state index in [1.165, 1.54) is 11.8 Å². The van der Waals surface area contributed by atoms with Gasteiger partial charge in [0.1, 0.15) is 17.5 Å². The Labute approximate surface area is 116 Å². The highest BCUT2D eigenvalue weighted by molar-refractivity contribution is 8.15. The van der Waals surface area contributed by atoms with Gasteiger partial charge < -0.3 is 4.74 Å². The van der Waals surface area contributed by atoms with Crippen LogP contribution >= 0.6 is 11.8 Å². The smallest absolute Gasteiger partial charge is 0.310 e. The van der Waals surface area contributed by atoms with Crippen molar-refractivity contribution in [2.24, 2.45) is 5.73 Å². The largest absolute Gasteiger partial charge is 0.497 e. The quantitative estimate of drug-likeness (QED) is 0.808. The lowest BCUT2D eigenvalue weighted by Gasteiger charge is -2.11. The maximum atomic E-state index is 11.7. The van der Waals surface area contributed by atoms with Crippen LogP contribution in [0.5, 0.6) is 5.75 Å². The van der Waals surface area contributed by atoms with Crippen LogP contribution in [0.3, 0.4) is 0 Å². The molecule has 102 valence electrons. The van der Waals surface area contributed by atoms with E-state index in [0.717, 1.165) is 11.4 Å². The van der Waals surface area contributed by atoms with E-state index >= 15 is 0 Å². The van der Waals surface area contributed by atoms with E-state index in [0.29, 0.717) is 5.17 Å². The van der Waals surface area contributed by atoms with Crippen molar-refractivity contribution in [2.45, 2.75) is 11.3 Å². The van der Waals surface area contributed by atoms with Crippen molar-refractivity contribution >= 4 is 32.5 Å². The number of amidine groups is 1. The zero-order valence-corrected chi connectivity index (χ0v) is 12.1. The van der Waals surface area contributed by atoms with Crippen molar-refractivity contribution in [3.8, 4) is 5.75 Å². The van der Waals surface area contributed by atoms with Crippen LogP contribution in [0, 0.1) is 0 Å². The van der Waals surface area contributed by atoms with Crippen molar-refractivity contribution in [3.05, 3.63) is 24.3 Å². The van der Waals surface area contributed by atoms with Gasteiger partial charge in [-0.2, -0.15) is 0 Å². The summed E-state index contributed by atoms with van der Waals surface area (Å²) in [5.41, 5.74) is 6.95. The molecule has 0 amide bonds. The Hall–Kier alpha value is -1.21. The lowest BCUT2D eigenvalue weighted by Crippen LogP contribution is -2.29. The summed E-state index contributed by atoms with van der Waals surface area (Å²) in [5.74, 6) is 1.16. The minimum Gasteiger partial charge on any atom is -0.497 e. The molecule has 1 aromatic carbocycles. The van der Waals surface area contributed by atoms with E-state index in [1.54, 1.807) is 7.11 Å². The van der Waals surface area contributed by atoms with Gasteiger partial charge in [0.2, 0.25) is 0 Å². The second-order valence-corrected chi connectivity index (χ2v) is 8.12. The van der Waals surface area contributed by atoms with E-state index in [2.05, 4.69) is 0 Å². The lowest BCUT2D eigenvalue weighted by molar-refractivity contribution is -0.470. The van der Waals surface area contributed by atoms with Crippen LogP contribution in [0.4, 0.5) is 5.69 Å². The lowest BCUT2D eigenvalue weighted by atomic mass is 10.2. The maximum absolute atomic E-state index is 11.7. The van der Waals surface area contributed by atoms with Crippen LogP contribution in [0.15, 0.2) is 24.3 Å². The second kappa shape index (κ2) is 4.42. The third-order valence-electron chi connectivity index (χ3n) is 3.46. The molecule has 2 N–H and O–H groups in total. The predicted molar refractivity (Wildman–Crippen MR) is 75.9 cm³/mol. The fourth-order valence-corrected chi connectivity index (χ4v) is 6.40. The summed E-state index contributed by atoms with van der Waals surface area (Å²) < 4.78 is 30.5. The number of hydrogen-bond donors (Lipinski definition) is 1. The van der Waals surface area contributed by atoms with Gasteiger partial charge in [0.15, 0.2) is 9.84 Å². The monoisotopic (exact) mass is 299 g/mol. The zero-order valence-electron chi connectivity index (χ0n) is 10.4. The summed E-state index contributed by atoms with van der Waals surface area (Å²) in [4.78, 5) is 0. The number of sulfone groups is 1. The molecule has 0 aliphatic carbocycles. The van der Waals surface area contributed by atoms with Gasteiger partial charge >= 0.3 is 5.17 Å². The number of nitrogens with two attached hydrogens (primary N) is 1. The van der Waals surface area contributed by atoms with Crippen LogP contribution in [-0.2, 0) is 9.84 Å². The Bertz CT molecular complexity index is 637. The Morgan fingerprint density at radius 2 is 2.00 bits per heavy atom. The first-order valence-corrected chi connectivity index (χ1v) is 8.63. The molecule has 1 fully saturated rings. The third-order valence-corrected chi connectivity index (χ3v) is 6.61. The number of nitrogens with zero attached hydrogens (tertiary/aromatic N) is 1. The number of rotatable bonds is 2. The molecule has 1 saturated heterocycles. The number of fused-ring (bicyclic) bond motifs is 1. The molecule has 2 unspecified atom stereocenters. The van der Waals surface area contributed by atoms with Gasteiger partial charge in [-0.05, 0) is 36.0 Å². The normalized spacial score (nSPS) is 28.5. The highest BCUT2D eigenvalue weighted by atomic mass is 32.2. The van der Waals surface area contributed by atoms with Crippen molar-refractivity contribution < 1.29 is 17.7 Å². The van der Waals surface area contributed by atoms with Crippen molar-refractivity contribution in [2.75, 3.05) is 18.6 Å². The average molecular weight is 299 g/mol. The molecule has 0 radical (unpaired) electrons. The highest BCUT2D eigenvalue weighted by Gasteiger charge is 2.49. The van der Waals surface area contributed by atoms with Crippen LogP contribution in [0.25, 0.3) is 0 Å². The summed E-state index contributed by atoms with van der Waals surface area (Å²) in [6.07, 6.45) is 0. The Kier molecular flexibility index (Phi) is 2.98. The second-order valence-electron chi connectivity index (χ2n) is 4.71. The molecule has 5 nitrogen and oxygen atoms in total. The highest BCUT2D eigenvalue weighted by Crippen LogP contribution is 2.36. The number of hydrogen-bond acceptors (Lipinski definition) is 5. The molecule has 2 aliphatic heterocycles. The molecular formula is C12H15N2O3S2+. The number of thioether (sulfide) groups is 1. The minimum atomic E-state index is -2.94. The van der Waals surface area contributed by atoms with Gasteiger partial charge in [-0.3, -0.25) is 5.73 Å². The van der Waals surface area contributed by atoms with Crippen LogP contribution < -0.4 is 10.5 Å². The molecule has 2 heterocycles. The fraction of sp³-hybridized carbons (Fsp3) is 0.417. The van der Waals surface area contributed by atoms with Crippen molar-refractivity contribution in [1.29, 1.82) is 0 Å². The van der Waals surface area contributed by atoms with Gasteiger partial charge in [-0.1, -0.05) is 0 Å². The molecular weight excluding hydrogens is 284 g/mol. The summed E-state index contributed by atoms with van der Waals surface area (Å²) >= 11 is 1.46. The SMILES string of the molecule is COc1ccc([N+]2=C(N)SC3CS(=O)(=O)CC32)cc1. The summed E-state index contributed by atoms with van der Waals surface area (Å²) in [5, 5.41) is 0.724. The molecule has 0 bridgehead atoms. The third kappa shape index (κ3) is 2.21. The molecule has 19 heavy (non-hydrogen) atoms. The predicted octanol–water partition coefficient (Wildman–Crippen LogP) is 0.566. The Morgan fingerprint density at radius 1 is 1.32 bits per heavy atom. The van der Waals surface area contributed by atoms with E-state index in [-0.39, 0.29) is 22.8 Å². The first-order chi connectivity index (χ1) is 9.00. The minimum absolute atomic E-state index is 0.0482. The number of methoxy groups -OCH3 is 1. The van der Waals surface area contributed by atoms with Crippen molar-refractivity contribution in [1.82, 2.24) is 0 Å². The Balaban J connectivity index is 1.97. The standard InChI is InChI=1S/C12H14N2O3S2/c1-17-9-4-2-8(3-5-9)14-10-6-19(15,16)7-11(10)18-12(14)13/h2-5,10-11,13H,6-7H2,1H3/p+1. The van der Waals surface area contributed by atoms with Gasteiger partial charge in [0.05, 0.1) is 23.9 Å². The van der Waals surface area contributed by atoms with Crippen LogP contribution in [-0.4, -0.2) is 48.1 Å². The van der Waals surface area contributed by atoms with Gasteiger partial charge in [-0.15, -0.1) is 0 Å². The molecule has 2 aliphatic rings. The van der Waals surface area contributed by atoms with Gasteiger partial charge in [0.25, 0.3) is 0 Å². The van der Waals surface area contributed by atoms with Crippen molar-refractivity contribution in [3.63, 3.8) is 0 Å². The first-order valence-electron chi connectivity index (χ1n) is 5.93. The topological polar surface area (TPSA) is 72.4 Å². The van der Waals surface area contributed by atoms with E-state index in [1.807, 2.05) is 28.8 Å². The number of benzene rings is 1. The summed E-state index contributed by atoms with van der Waals surface area (Å²) in [7, 11) is -1.33.